The molecule has 3 atom stereocenters. The molecule has 0 aliphatic carbocycles. The number of aromatic nitrogens is 2. The molecule has 0 radical (unpaired) electrons. The minimum atomic E-state index is -0.139. The van der Waals surface area contributed by atoms with Crippen LogP contribution >= 0.6 is 11.8 Å². The number of thioether (sulfide) groups is 1. The first-order chi connectivity index (χ1) is 17.6. The summed E-state index contributed by atoms with van der Waals surface area (Å²) in [6, 6.07) is 11.6. The molecule has 36 heavy (non-hydrogen) atoms. The minimum Gasteiger partial charge on any atom is -0.497 e. The van der Waals surface area contributed by atoms with Crippen molar-refractivity contribution in [1.82, 2.24) is 15.3 Å². The van der Waals surface area contributed by atoms with Gasteiger partial charge >= 0.3 is 0 Å². The molecule has 5 rings (SSSR count). The third-order valence-corrected chi connectivity index (χ3v) is 7.49. The fraction of sp³-hybridized carbons (Fsp3) is 0.423. The molecule has 1 saturated heterocycles. The average molecular weight is 511 g/mol. The number of nitrogens with one attached hydrogen (secondary N) is 2. The Balaban J connectivity index is 1.19. The largest absolute Gasteiger partial charge is 0.497 e. The average Bonchev–Trinajstić information content (AvgIpc) is 2.91. The molecule has 0 saturated carbocycles. The van der Waals surface area contributed by atoms with Crippen molar-refractivity contribution in [2.45, 2.75) is 49.0 Å². The van der Waals surface area contributed by atoms with E-state index in [1.54, 1.807) is 13.3 Å². The maximum absolute atomic E-state index is 11.7. The number of carbonyl (C=O) groups is 1. The van der Waals surface area contributed by atoms with E-state index in [0.717, 1.165) is 45.8 Å². The predicted molar refractivity (Wildman–Crippen MR) is 138 cm³/mol. The Kier molecular flexibility index (Phi) is 7.86. The minimum absolute atomic E-state index is 0.0269. The first kappa shape index (κ1) is 24.8. The molecule has 2 aromatic heterocycles. The van der Waals surface area contributed by atoms with Crippen LogP contribution in [-0.2, 0) is 16.1 Å². The van der Waals surface area contributed by atoms with E-state index in [9.17, 15) is 9.90 Å². The van der Waals surface area contributed by atoms with Gasteiger partial charge < -0.3 is 30.0 Å². The number of amides is 1. The number of hydrogen-bond donors (Lipinski definition) is 3. The van der Waals surface area contributed by atoms with Gasteiger partial charge in [0, 0.05) is 30.8 Å². The van der Waals surface area contributed by atoms with Gasteiger partial charge in [0.05, 0.1) is 41.2 Å². The molecule has 190 valence electrons. The van der Waals surface area contributed by atoms with E-state index in [1.165, 1.54) is 11.8 Å². The molecular formula is C26H30N4O5S. The van der Waals surface area contributed by atoms with E-state index >= 15 is 0 Å². The lowest BCUT2D eigenvalue weighted by atomic mass is 9.96. The number of anilines is 1. The van der Waals surface area contributed by atoms with Gasteiger partial charge in [-0.3, -0.25) is 9.78 Å². The maximum Gasteiger partial charge on any atom is 0.235 e. The standard InChI is InChI=1S/C26H30N4O5S/c1-33-17-3-5-20-19(12-17)22(8-10-27-20)34-14-18-4-6-21(23(35-18)9-11-31)28-13-16-2-7-24-26(29-16)30-25(32)15-36-24/h2-3,5,7-8,10,12,18,21,23,28,31H,4,6,9,11,13-15H2,1H3,(H,29,30,32)/t18-,21+,23+/m0/s1. The number of ether oxygens (including phenoxy) is 3. The monoisotopic (exact) mass is 510 g/mol. The molecular weight excluding hydrogens is 480 g/mol. The number of methoxy groups -OCH3 is 1. The summed E-state index contributed by atoms with van der Waals surface area (Å²) in [6.07, 6.45) is 3.77. The van der Waals surface area contributed by atoms with Gasteiger partial charge in [-0.1, -0.05) is 0 Å². The van der Waals surface area contributed by atoms with Crippen molar-refractivity contribution < 1.29 is 24.1 Å². The first-order valence-corrected chi connectivity index (χ1v) is 13.1. The summed E-state index contributed by atoms with van der Waals surface area (Å²) in [5.41, 5.74) is 1.69. The number of aliphatic hydroxyl groups is 1. The van der Waals surface area contributed by atoms with Gasteiger partial charge in [0.2, 0.25) is 5.91 Å². The van der Waals surface area contributed by atoms with Gasteiger partial charge in [0.25, 0.3) is 0 Å². The van der Waals surface area contributed by atoms with Crippen molar-refractivity contribution in [2.24, 2.45) is 0 Å². The highest BCUT2D eigenvalue weighted by atomic mass is 32.2. The molecule has 0 bridgehead atoms. The number of hydrogen-bond acceptors (Lipinski definition) is 9. The van der Waals surface area contributed by atoms with Crippen LogP contribution < -0.4 is 20.1 Å². The second kappa shape index (κ2) is 11.4. The lowest BCUT2D eigenvalue weighted by molar-refractivity contribution is -0.113. The summed E-state index contributed by atoms with van der Waals surface area (Å²) >= 11 is 1.50. The predicted octanol–water partition coefficient (Wildman–Crippen LogP) is 3.15. The van der Waals surface area contributed by atoms with Crippen LogP contribution in [0.3, 0.4) is 0 Å². The number of benzene rings is 1. The van der Waals surface area contributed by atoms with Crippen LogP contribution in [0.2, 0.25) is 0 Å². The zero-order valence-electron chi connectivity index (χ0n) is 20.1. The lowest BCUT2D eigenvalue weighted by Gasteiger charge is -2.37. The van der Waals surface area contributed by atoms with Crippen molar-refractivity contribution in [3.05, 3.63) is 48.3 Å². The number of fused-ring (bicyclic) bond motifs is 2. The Morgan fingerprint density at radius 1 is 1.25 bits per heavy atom. The highest BCUT2D eigenvalue weighted by molar-refractivity contribution is 8.00. The highest BCUT2D eigenvalue weighted by Crippen LogP contribution is 2.31. The van der Waals surface area contributed by atoms with Crippen LogP contribution in [0.1, 0.15) is 25.0 Å². The fourth-order valence-corrected chi connectivity index (χ4v) is 5.34. The van der Waals surface area contributed by atoms with Crippen LogP contribution in [0.25, 0.3) is 10.9 Å². The Labute approximate surface area is 213 Å². The van der Waals surface area contributed by atoms with Gasteiger partial charge in [-0.25, -0.2) is 4.98 Å². The second-order valence-corrected chi connectivity index (χ2v) is 9.88. The van der Waals surface area contributed by atoms with Gasteiger partial charge in [-0.15, -0.1) is 11.8 Å². The van der Waals surface area contributed by atoms with E-state index in [1.807, 2.05) is 36.4 Å². The summed E-state index contributed by atoms with van der Waals surface area (Å²) in [5.74, 6) is 2.51. The molecule has 1 fully saturated rings. The molecule has 2 aliphatic rings. The molecule has 3 aromatic rings. The summed E-state index contributed by atoms with van der Waals surface area (Å²) in [4.78, 5) is 21.7. The Hall–Kier alpha value is -2.92. The Morgan fingerprint density at radius 2 is 2.17 bits per heavy atom. The zero-order valence-corrected chi connectivity index (χ0v) is 20.9. The van der Waals surface area contributed by atoms with Crippen molar-refractivity contribution >= 4 is 34.4 Å². The van der Waals surface area contributed by atoms with Gasteiger partial charge in [0.15, 0.2) is 0 Å². The smallest absolute Gasteiger partial charge is 0.235 e. The SMILES string of the molecule is COc1ccc2nccc(OC[C@@H]3CC[C@@H](NCc4ccc5c(n4)NC(=O)CS5)[C@@H](CCO)O3)c2c1. The summed E-state index contributed by atoms with van der Waals surface area (Å²) in [7, 11) is 1.64. The third-order valence-electron chi connectivity index (χ3n) is 6.44. The van der Waals surface area contributed by atoms with E-state index in [4.69, 9.17) is 14.2 Å². The molecule has 10 heteroatoms. The number of rotatable bonds is 9. The Morgan fingerprint density at radius 3 is 3.03 bits per heavy atom. The normalized spacial score (nSPS) is 21.6. The molecule has 2 aliphatic heterocycles. The molecule has 0 unspecified atom stereocenters. The summed E-state index contributed by atoms with van der Waals surface area (Å²) in [5, 5.41) is 16.9. The fourth-order valence-electron chi connectivity index (χ4n) is 4.59. The van der Waals surface area contributed by atoms with E-state index < -0.39 is 0 Å². The molecule has 1 amide bonds. The van der Waals surface area contributed by atoms with Crippen LogP contribution in [0, 0.1) is 0 Å². The number of carbonyl (C=O) groups excluding carboxylic acids is 1. The quantitative estimate of drug-likeness (QED) is 0.399. The van der Waals surface area contributed by atoms with Gasteiger partial charge in [-0.05, 0) is 55.7 Å². The summed E-state index contributed by atoms with van der Waals surface area (Å²) < 4.78 is 17.9. The first-order valence-electron chi connectivity index (χ1n) is 12.1. The third kappa shape index (κ3) is 5.73. The van der Waals surface area contributed by atoms with Crippen molar-refractivity contribution in [3.63, 3.8) is 0 Å². The summed E-state index contributed by atoms with van der Waals surface area (Å²) in [6.45, 7) is 1.01. The Bertz CT molecular complexity index is 1230. The van der Waals surface area contributed by atoms with Crippen LogP contribution in [0.4, 0.5) is 5.82 Å². The van der Waals surface area contributed by atoms with Gasteiger partial charge in [0.1, 0.15) is 23.9 Å². The van der Waals surface area contributed by atoms with Crippen molar-refractivity contribution in [3.8, 4) is 11.5 Å². The molecule has 1 aromatic carbocycles. The lowest BCUT2D eigenvalue weighted by Crippen LogP contribution is -2.48. The molecule has 0 spiro atoms. The van der Waals surface area contributed by atoms with E-state index in [-0.39, 0.29) is 30.8 Å². The number of aliphatic hydroxyl groups excluding tert-OH is 1. The second-order valence-electron chi connectivity index (χ2n) is 8.86. The molecule has 4 heterocycles. The van der Waals surface area contributed by atoms with Crippen molar-refractivity contribution in [1.29, 1.82) is 0 Å². The number of pyridine rings is 2. The topological polar surface area (TPSA) is 115 Å². The van der Waals surface area contributed by atoms with Crippen LogP contribution in [-0.4, -0.2) is 65.3 Å². The molecule has 9 nitrogen and oxygen atoms in total. The van der Waals surface area contributed by atoms with E-state index in [0.29, 0.717) is 31.1 Å². The van der Waals surface area contributed by atoms with Gasteiger partial charge in [-0.2, -0.15) is 0 Å². The van der Waals surface area contributed by atoms with Crippen LogP contribution in [0.15, 0.2) is 47.5 Å². The zero-order chi connectivity index (χ0) is 24.9. The van der Waals surface area contributed by atoms with E-state index in [2.05, 4.69) is 20.6 Å². The number of nitrogens with zero attached hydrogens (tertiary/aromatic N) is 2. The van der Waals surface area contributed by atoms with Crippen molar-refractivity contribution in [2.75, 3.05) is 31.4 Å². The molecule has 3 N–H and O–H groups in total. The maximum atomic E-state index is 11.7. The van der Waals surface area contributed by atoms with Crippen LogP contribution in [0.5, 0.6) is 11.5 Å². The highest BCUT2D eigenvalue weighted by Gasteiger charge is 2.31.